The van der Waals surface area contributed by atoms with E-state index in [0.29, 0.717) is 4.88 Å². The summed E-state index contributed by atoms with van der Waals surface area (Å²) in [4.78, 5) is 0.500. The van der Waals surface area contributed by atoms with Gasteiger partial charge in [-0.05, 0) is 18.4 Å². The number of aliphatic hydroxyl groups excluding tert-OH is 1. The lowest BCUT2D eigenvalue weighted by Crippen LogP contribution is -2.20. The Morgan fingerprint density at radius 1 is 1.50 bits per heavy atom. The number of aryl methyl sites for hydroxylation is 1. The van der Waals surface area contributed by atoms with Gasteiger partial charge in [-0.15, -0.1) is 11.3 Å². The van der Waals surface area contributed by atoms with Gasteiger partial charge >= 0.3 is 6.18 Å². The van der Waals surface area contributed by atoms with Crippen LogP contribution in [0.2, 0.25) is 0 Å². The fraction of sp³-hybridized carbons (Fsp3) is 0.429. The molecule has 1 rings (SSSR count). The summed E-state index contributed by atoms with van der Waals surface area (Å²) in [6, 6.07) is 1.29. The molecule has 0 aliphatic heterocycles. The van der Waals surface area contributed by atoms with E-state index in [1.165, 1.54) is 22.8 Å². The highest BCUT2D eigenvalue weighted by Crippen LogP contribution is 2.35. The molecule has 1 nitrogen and oxygen atoms in total. The number of rotatable bonds is 1. The van der Waals surface area contributed by atoms with Gasteiger partial charge in [0, 0.05) is 10.4 Å². The van der Waals surface area contributed by atoms with Crippen LogP contribution in [0.5, 0.6) is 0 Å². The van der Waals surface area contributed by atoms with Crippen molar-refractivity contribution in [3.63, 3.8) is 0 Å². The third-order valence-electron chi connectivity index (χ3n) is 1.50. The molecule has 0 radical (unpaired) electrons. The molecule has 0 aliphatic rings. The Bertz CT molecular complexity index is 266. The molecule has 1 aromatic rings. The van der Waals surface area contributed by atoms with Crippen LogP contribution >= 0.6 is 11.3 Å². The third-order valence-corrected chi connectivity index (χ3v) is 2.37. The summed E-state index contributed by atoms with van der Waals surface area (Å²) in [5.41, 5.74) is -0.0486. The van der Waals surface area contributed by atoms with Crippen molar-refractivity contribution in [3.8, 4) is 0 Å². The Balaban J connectivity index is 2.92. The molecule has 1 atom stereocenters. The molecule has 5 heteroatoms. The summed E-state index contributed by atoms with van der Waals surface area (Å²) in [5, 5.41) is 10.3. The van der Waals surface area contributed by atoms with Crippen molar-refractivity contribution in [2.75, 3.05) is 0 Å². The molecule has 0 aliphatic carbocycles. The van der Waals surface area contributed by atoms with Crippen LogP contribution in [0, 0.1) is 6.92 Å². The second-order valence-corrected chi connectivity index (χ2v) is 3.50. The highest BCUT2D eigenvalue weighted by atomic mass is 32.1. The molecule has 0 spiro atoms. The average Bonchev–Trinajstić information content (AvgIpc) is 2.31. The summed E-state index contributed by atoms with van der Waals surface area (Å²) in [5.74, 6) is 0. The van der Waals surface area contributed by atoms with Crippen LogP contribution in [-0.4, -0.2) is 11.3 Å². The Morgan fingerprint density at radius 3 is 2.42 bits per heavy atom. The third kappa shape index (κ3) is 1.78. The van der Waals surface area contributed by atoms with Crippen LogP contribution in [0.1, 0.15) is 16.5 Å². The van der Waals surface area contributed by atoms with Crippen LogP contribution in [0.4, 0.5) is 13.2 Å². The van der Waals surface area contributed by atoms with Gasteiger partial charge in [-0.2, -0.15) is 13.2 Å². The minimum Gasteiger partial charge on any atom is -0.379 e. The van der Waals surface area contributed by atoms with Crippen molar-refractivity contribution >= 4 is 11.3 Å². The summed E-state index contributed by atoms with van der Waals surface area (Å²) in [7, 11) is 0. The van der Waals surface area contributed by atoms with Crippen molar-refractivity contribution in [1.82, 2.24) is 0 Å². The maximum absolute atomic E-state index is 11.9. The molecular formula is C7H7F3OS. The van der Waals surface area contributed by atoms with E-state index in [1.54, 1.807) is 6.92 Å². The number of thiophene rings is 1. The van der Waals surface area contributed by atoms with Gasteiger partial charge in [0.15, 0.2) is 6.10 Å². The van der Waals surface area contributed by atoms with Gasteiger partial charge in [0.1, 0.15) is 0 Å². The second-order valence-electron chi connectivity index (χ2n) is 2.38. The smallest absolute Gasteiger partial charge is 0.379 e. The minimum absolute atomic E-state index is 0.0486. The maximum Gasteiger partial charge on any atom is 0.418 e. The van der Waals surface area contributed by atoms with Crippen LogP contribution in [0.25, 0.3) is 0 Å². The molecule has 1 unspecified atom stereocenters. The zero-order chi connectivity index (χ0) is 9.35. The molecule has 1 aromatic heterocycles. The Kier molecular flexibility index (Phi) is 2.44. The molecule has 0 bridgehead atoms. The van der Waals surface area contributed by atoms with Crippen molar-refractivity contribution in [1.29, 1.82) is 0 Å². The Morgan fingerprint density at radius 2 is 2.08 bits per heavy atom. The highest BCUT2D eigenvalue weighted by Gasteiger charge is 2.40. The first-order valence-corrected chi connectivity index (χ1v) is 4.09. The molecular weight excluding hydrogens is 189 g/mol. The van der Waals surface area contributed by atoms with E-state index in [9.17, 15) is 13.2 Å². The summed E-state index contributed by atoms with van der Waals surface area (Å²) >= 11 is 1.19. The van der Waals surface area contributed by atoms with E-state index in [4.69, 9.17) is 5.11 Å². The fourth-order valence-corrected chi connectivity index (χ4v) is 1.59. The Labute approximate surface area is 71.5 Å². The van der Waals surface area contributed by atoms with Gasteiger partial charge in [-0.3, -0.25) is 0 Å². The van der Waals surface area contributed by atoms with Crippen molar-refractivity contribution in [2.45, 2.75) is 19.2 Å². The monoisotopic (exact) mass is 196 g/mol. The summed E-state index contributed by atoms with van der Waals surface area (Å²) in [6.07, 6.45) is -6.91. The minimum atomic E-state index is -4.56. The van der Waals surface area contributed by atoms with Crippen molar-refractivity contribution in [3.05, 3.63) is 21.9 Å². The standard InChI is InChI=1S/C7H7F3OS/c1-4-5(2-3-12-4)6(11)7(8,9)10/h2-3,6,11H,1H3. The first-order valence-electron chi connectivity index (χ1n) is 3.21. The molecule has 0 fully saturated rings. The van der Waals surface area contributed by atoms with E-state index in [0.717, 1.165) is 0 Å². The molecule has 68 valence electrons. The van der Waals surface area contributed by atoms with Gasteiger partial charge in [0.05, 0.1) is 0 Å². The average molecular weight is 196 g/mol. The Hall–Kier alpha value is -0.550. The number of hydrogen-bond acceptors (Lipinski definition) is 2. The second kappa shape index (κ2) is 3.06. The maximum atomic E-state index is 11.9. The van der Waals surface area contributed by atoms with E-state index >= 15 is 0 Å². The first-order chi connectivity index (χ1) is 5.43. The van der Waals surface area contributed by atoms with E-state index < -0.39 is 12.3 Å². The lowest BCUT2D eigenvalue weighted by atomic mass is 10.1. The molecule has 12 heavy (non-hydrogen) atoms. The van der Waals surface area contributed by atoms with E-state index in [1.807, 2.05) is 0 Å². The summed E-state index contributed by atoms with van der Waals surface area (Å²) < 4.78 is 35.8. The van der Waals surface area contributed by atoms with Gasteiger partial charge < -0.3 is 5.11 Å². The fourth-order valence-electron chi connectivity index (χ4n) is 0.855. The quantitative estimate of drug-likeness (QED) is 0.732. The van der Waals surface area contributed by atoms with E-state index in [-0.39, 0.29) is 5.56 Å². The molecule has 0 saturated carbocycles. The van der Waals surface area contributed by atoms with E-state index in [2.05, 4.69) is 0 Å². The molecule has 0 aromatic carbocycles. The molecule has 0 amide bonds. The predicted molar refractivity (Wildman–Crippen MR) is 40.1 cm³/mol. The van der Waals surface area contributed by atoms with Gasteiger partial charge in [-0.1, -0.05) is 0 Å². The van der Waals surface area contributed by atoms with Crippen molar-refractivity contribution < 1.29 is 18.3 Å². The predicted octanol–water partition coefficient (Wildman–Crippen LogP) is 2.65. The normalized spacial score (nSPS) is 14.8. The topological polar surface area (TPSA) is 20.2 Å². The van der Waals surface area contributed by atoms with Crippen LogP contribution in [0.15, 0.2) is 11.4 Å². The van der Waals surface area contributed by atoms with Crippen LogP contribution in [0.3, 0.4) is 0 Å². The summed E-state index contributed by atoms with van der Waals surface area (Å²) in [6.45, 7) is 1.55. The first kappa shape index (κ1) is 9.54. The number of halogens is 3. The zero-order valence-electron chi connectivity index (χ0n) is 6.22. The number of aliphatic hydroxyl groups is 1. The van der Waals surface area contributed by atoms with Crippen LogP contribution < -0.4 is 0 Å². The lowest BCUT2D eigenvalue weighted by molar-refractivity contribution is -0.206. The molecule has 1 N–H and O–H groups in total. The zero-order valence-corrected chi connectivity index (χ0v) is 7.04. The molecule has 0 saturated heterocycles. The lowest BCUT2D eigenvalue weighted by Gasteiger charge is -2.13. The number of alkyl halides is 3. The van der Waals surface area contributed by atoms with Crippen LogP contribution in [-0.2, 0) is 0 Å². The number of hydrogen-bond donors (Lipinski definition) is 1. The highest BCUT2D eigenvalue weighted by molar-refractivity contribution is 7.10. The molecule has 1 heterocycles. The van der Waals surface area contributed by atoms with Gasteiger partial charge in [-0.25, -0.2) is 0 Å². The largest absolute Gasteiger partial charge is 0.418 e. The van der Waals surface area contributed by atoms with Gasteiger partial charge in [0.2, 0.25) is 0 Å². The van der Waals surface area contributed by atoms with Crippen molar-refractivity contribution in [2.24, 2.45) is 0 Å². The van der Waals surface area contributed by atoms with Gasteiger partial charge in [0.25, 0.3) is 0 Å². The SMILES string of the molecule is Cc1sccc1C(O)C(F)(F)F.